The lowest BCUT2D eigenvalue weighted by atomic mass is 10.2. The largest absolute Gasteiger partial charge is 0.397 e. The highest BCUT2D eigenvalue weighted by molar-refractivity contribution is 7.98. The van der Waals surface area contributed by atoms with Crippen LogP contribution in [-0.2, 0) is 0 Å². The third-order valence-electron chi connectivity index (χ3n) is 2.11. The number of aryl methyl sites for hydroxylation is 1. The molecule has 2 heterocycles. The molecule has 0 unspecified atom stereocenters. The molecule has 0 aliphatic heterocycles. The fourth-order valence-corrected chi connectivity index (χ4v) is 1.92. The Bertz CT molecular complexity index is 569. The van der Waals surface area contributed by atoms with E-state index in [2.05, 4.69) is 10.1 Å². The molecular formula is C9H8N4OS. The Morgan fingerprint density at radius 1 is 1.53 bits per heavy atom. The van der Waals surface area contributed by atoms with Gasteiger partial charge in [0, 0.05) is 0 Å². The van der Waals surface area contributed by atoms with Crippen LogP contribution in [0.1, 0.15) is 11.3 Å². The Labute approximate surface area is 90.2 Å². The first-order valence-electron chi connectivity index (χ1n) is 4.18. The number of hydrogen-bond donors (Lipinski definition) is 1. The molecule has 2 N–H and O–H groups in total. The molecule has 2 rings (SSSR count). The zero-order valence-corrected chi connectivity index (χ0v) is 9.05. The van der Waals surface area contributed by atoms with Gasteiger partial charge in [0.2, 0.25) is 0 Å². The summed E-state index contributed by atoms with van der Waals surface area (Å²) in [6.45, 7) is 1.77. The number of nitriles is 1. The lowest BCUT2D eigenvalue weighted by Crippen LogP contribution is -1.96. The maximum Gasteiger partial charge on any atom is 0.261 e. The van der Waals surface area contributed by atoms with E-state index in [0.29, 0.717) is 33.1 Å². The van der Waals surface area contributed by atoms with Gasteiger partial charge < -0.3 is 10.3 Å². The number of fused-ring (bicyclic) bond motifs is 1. The molecule has 0 spiro atoms. The van der Waals surface area contributed by atoms with Crippen molar-refractivity contribution in [2.24, 2.45) is 0 Å². The van der Waals surface area contributed by atoms with E-state index in [4.69, 9.17) is 15.5 Å². The van der Waals surface area contributed by atoms with E-state index in [0.717, 1.165) is 0 Å². The van der Waals surface area contributed by atoms with E-state index in [1.54, 1.807) is 6.92 Å². The Balaban J connectivity index is 2.92. The fourth-order valence-electron chi connectivity index (χ4n) is 1.39. The van der Waals surface area contributed by atoms with Crippen LogP contribution in [0.3, 0.4) is 0 Å². The summed E-state index contributed by atoms with van der Waals surface area (Å²) in [5.74, 6) is 0. The third-order valence-corrected chi connectivity index (χ3v) is 2.79. The molecule has 0 atom stereocenters. The second kappa shape index (κ2) is 3.44. The van der Waals surface area contributed by atoms with Crippen LogP contribution in [0.2, 0.25) is 0 Å². The summed E-state index contributed by atoms with van der Waals surface area (Å²) in [5, 5.41) is 14.0. The molecule has 0 amide bonds. The van der Waals surface area contributed by atoms with Crippen molar-refractivity contribution in [2.45, 2.75) is 11.9 Å². The summed E-state index contributed by atoms with van der Waals surface area (Å²) >= 11 is 1.36. The minimum Gasteiger partial charge on any atom is -0.397 e. The Morgan fingerprint density at radius 2 is 2.27 bits per heavy atom. The van der Waals surface area contributed by atoms with Gasteiger partial charge in [0.1, 0.15) is 16.7 Å². The second-order valence-electron chi connectivity index (χ2n) is 2.97. The minimum absolute atomic E-state index is 0.383. The van der Waals surface area contributed by atoms with Crippen LogP contribution in [0, 0.1) is 18.3 Å². The SMILES string of the molecule is CSc1nc2onc(C)c2c(N)c1C#N. The van der Waals surface area contributed by atoms with E-state index in [-0.39, 0.29) is 0 Å². The first-order valence-corrected chi connectivity index (χ1v) is 5.41. The molecule has 2 aromatic heterocycles. The maximum absolute atomic E-state index is 8.98. The maximum atomic E-state index is 8.98. The quantitative estimate of drug-likeness (QED) is 0.736. The van der Waals surface area contributed by atoms with Crippen LogP contribution in [-0.4, -0.2) is 16.4 Å². The van der Waals surface area contributed by atoms with E-state index in [1.807, 2.05) is 12.3 Å². The van der Waals surface area contributed by atoms with Crippen LogP contribution >= 0.6 is 11.8 Å². The van der Waals surface area contributed by atoms with Crippen molar-refractivity contribution in [1.82, 2.24) is 10.1 Å². The fraction of sp³-hybridized carbons (Fsp3) is 0.222. The molecule has 0 radical (unpaired) electrons. The molecule has 0 aliphatic carbocycles. The summed E-state index contributed by atoms with van der Waals surface area (Å²) in [5.41, 5.74) is 7.69. The monoisotopic (exact) mass is 220 g/mol. The van der Waals surface area contributed by atoms with Crippen molar-refractivity contribution in [3.63, 3.8) is 0 Å². The Kier molecular flexibility index (Phi) is 2.25. The number of pyridine rings is 1. The van der Waals surface area contributed by atoms with Crippen molar-refractivity contribution < 1.29 is 4.52 Å². The number of rotatable bonds is 1. The first-order chi connectivity index (χ1) is 7.19. The van der Waals surface area contributed by atoms with Crippen LogP contribution in [0.15, 0.2) is 9.55 Å². The lowest BCUT2D eigenvalue weighted by Gasteiger charge is -2.02. The lowest BCUT2D eigenvalue weighted by molar-refractivity contribution is 0.441. The van der Waals surface area contributed by atoms with Gasteiger partial charge in [-0.1, -0.05) is 5.16 Å². The van der Waals surface area contributed by atoms with Crippen molar-refractivity contribution in [2.75, 3.05) is 12.0 Å². The number of aromatic nitrogens is 2. The normalized spacial score (nSPS) is 10.5. The van der Waals surface area contributed by atoms with Gasteiger partial charge in [-0.05, 0) is 13.2 Å². The van der Waals surface area contributed by atoms with Gasteiger partial charge in [0.15, 0.2) is 0 Å². The predicted molar refractivity (Wildman–Crippen MR) is 57.4 cm³/mol. The highest BCUT2D eigenvalue weighted by atomic mass is 32.2. The van der Waals surface area contributed by atoms with E-state index in [9.17, 15) is 0 Å². The van der Waals surface area contributed by atoms with Gasteiger partial charge in [-0.2, -0.15) is 5.26 Å². The van der Waals surface area contributed by atoms with Crippen LogP contribution in [0.25, 0.3) is 11.1 Å². The average molecular weight is 220 g/mol. The summed E-state index contributed by atoms with van der Waals surface area (Å²) in [7, 11) is 0. The standard InChI is InChI=1S/C9H8N4OS/c1-4-6-7(11)5(3-10)9(15-2)12-8(6)14-13-4/h1-2H3,(H2,11,12). The molecule has 0 fully saturated rings. The molecular weight excluding hydrogens is 212 g/mol. The molecule has 6 heteroatoms. The summed E-state index contributed by atoms with van der Waals surface area (Å²) in [6.07, 6.45) is 1.83. The van der Waals surface area contributed by atoms with Gasteiger partial charge in [0.25, 0.3) is 5.71 Å². The smallest absolute Gasteiger partial charge is 0.261 e. The number of nitrogens with two attached hydrogens (primary N) is 1. The van der Waals surface area contributed by atoms with E-state index in [1.165, 1.54) is 11.8 Å². The van der Waals surface area contributed by atoms with Crippen molar-refractivity contribution >= 4 is 28.5 Å². The predicted octanol–water partition coefficient (Wildman–Crippen LogP) is 1.71. The highest BCUT2D eigenvalue weighted by Crippen LogP contribution is 2.31. The third kappa shape index (κ3) is 1.32. The van der Waals surface area contributed by atoms with Crippen LogP contribution < -0.4 is 5.73 Å². The van der Waals surface area contributed by atoms with Gasteiger partial charge in [-0.3, -0.25) is 0 Å². The molecule has 0 saturated carbocycles. The second-order valence-corrected chi connectivity index (χ2v) is 3.76. The number of hydrogen-bond acceptors (Lipinski definition) is 6. The van der Waals surface area contributed by atoms with Crippen molar-refractivity contribution in [1.29, 1.82) is 5.26 Å². The molecule has 2 aromatic rings. The van der Waals surface area contributed by atoms with Crippen molar-refractivity contribution in [3.8, 4) is 6.07 Å². The minimum atomic E-state index is 0.383. The van der Waals surface area contributed by atoms with Crippen molar-refractivity contribution in [3.05, 3.63) is 11.3 Å². The number of anilines is 1. The highest BCUT2D eigenvalue weighted by Gasteiger charge is 2.17. The number of nitrogen functional groups attached to an aromatic ring is 1. The van der Waals surface area contributed by atoms with Gasteiger partial charge in [0.05, 0.1) is 16.8 Å². The summed E-state index contributed by atoms with van der Waals surface area (Å²) < 4.78 is 5.01. The first kappa shape index (κ1) is 9.80. The molecule has 0 bridgehead atoms. The molecule has 0 aliphatic rings. The van der Waals surface area contributed by atoms with E-state index >= 15 is 0 Å². The molecule has 15 heavy (non-hydrogen) atoms. The topological polar surface area (TPSA) is 88.7 Å². The van der Waals surface area contributed by atoms with Gasteiger partial charge in [-0.25, -0.2) is 4.98 Å². The summed E-state index contributed by atoms with van der Waals surface area (Å²) in [6, 6.07) is 2.05. The molecule has 76 valence electrons. The number of thioether (sulfide) groups is 1. The summed E-state index contributed by atoms with van der Waals surface area (Å²) in [4.78, 5) is 4.18. The Hall–Kier alpha value is -1.74. The van der Waals surface area contributed by atoms with Crippen LogP contribution in [0.5, 0.6) is 0 Å². The van der Waals surface area contributed by atoms with Gasteiger partial charge >= 0.3 is 0 Å². The number of nitrogens with zero attached hydrogens (tertiary/aromatic N) is 3. The van der Waals surface area contributed by atoms with Crippen LogP contribution in [0.4, 0.5) is 5.69 Å². The average Bonchev–Trinajstić information content (AvgIpc) is 2.60. The molecule has 0 saturated heterocycles. The molecule has 0 aromatic carbocycles. The van der Waals surface area contributed by atoms with E-state index < -0.39 is 0 Å². The zero-order valence-electron chi connectivity index (χ0n) is 8.24. The molecule has 5 nitrogen and oxygen atoms in total. The Morgan fingerprint density at radius 3 is 2.87 bits per heavy atom. The zero-order chi connectivity index (χ0) is 11.0. The van der Waals surface area contributed by atoms with Gasteiger partial charge in [-0.15, -0.1) is 11.8 Å².